The number of nitrogens with zero attached hydrogens (tertiary/aromatic N) is 3. The van der Waals surface area contributed by atoms with Gasteiger partial charge in [0.1, 0.15) is 12.4 Å². The normalized spacial score (nSPS) is 19.3. The van der Waals surface area contributed by atoms with Crippen LogP contribution in [0, 0.1) is 6.92 Å². The number of aliphatic imine (C=N–C) groups is 1. The maximum Gasteiger partial charge on any atom is 0.264 e. The molecule has 0 bridgehead atoms. The number of aromatic nitrogens is 1. The maximum atomic E-state index is 12.4. The van der Waals surface area contributed by atoms with E-state index in [2.05, 4.69) is 25.5 Å². The highest BCUT2D eigenvalue weighted by atomic mass is 32.2. The van der Waals surface area contributed by atoms with Crippen molar-refractivity contribution in [2.45, 2.75) is 38.6 Å². The van der Waals surface area contributed by atoms with E-state index in [1.807, 2.05) is 51.5 Å². The van der Waals surface area contributed by atoms with Crippen LogP contribution in [0.2, 0.25) is 0 Å². The number of amidine groups is 1. The number of nitrogens with one attached hydrogen (secondary N) is 2. The second-order valence-corrected chi connectivity index (χ2v) is 10.4. The van der Waals surface area contributed by atoms with E-state index in [-0.39, 0.29) is 5.91 Å². The van der Waals surface area contributed by atoms with Crippen LogP contribution < -0.4 is 15.4 Å². The molecule has 2 N–H and O–H groups in total. The first-order valence-electron chi connectivity index (χ1n) is 10.9. The lowest BCUT2D eigenvalue weighted by atomic mass is 10.2. The van der Waals surface area contributed by atoms with Crippen LogP contribution in [0.4, 0.5) is 10.8 Å². The molecule has 1 aromatic heterocycles. The number of hydrogen-bond donors (Lipinski definition) is 2. The fraction of sp³-hybridized carbons (Fsp3) is 0.435. The van der Waals surface area contributed by atoms with Crippen LogP contribution in [-0.2, 0) is 4.79 Å². The summed E-state index contributed by atoms with van der Waals surface area (Å²) in [5.41, 5.74) is 1.81. The van der Waals surface area contributed by atoms with Crippen molar-refractivity contribution in [1.29, 1.82) is 0 Å². The van der Waals surface area contributed by atoms with Crippen molar-refractivity contribution in [3.8, 4) is 5.75 Å². The predicted molar refractivity (Wildman–Crippen MR) is 134 cm³/mol. The predicted octanol–water partition coefficient (Wildman–Crippen LogP) is 4.64. The molecule has 0 spiro atoms. The van der Waals surface area contributed by atoms with Gasteiger partial charge in [-0.25, -0.2) is 9.98 Å². The molecule has 9 heteroatoms. The lowest BCUT2D eigenvalue weighted by Gasteiger charge is -2.12. The second-order valence-electron chi connectivity index (χ2n) is 8.28. The van der Waals surface area contributed by atoms with E-state index in [4.69, 9.17) is 4.74 Å². The van der Waals surface area contributed by atoms with E-state index in [9.17, 15) is 4.79 Å². The number of rotatable bonds is 8. The molecule has 2 aromatic rings. The van der Waals surface area contributed by atoms with Crippen LogP contribution in [0.5, 0.6) is 5.75 Å². The van der Waals surface area contributed by atoms with Gasteiger partial charge in [-0.05, 0) is 75.5 Å². The Balaban J connectivity index is 1.39. The van der Waals surface area contributed by atoms with Crippen LogP contribution in [0.3, 0.4) is 0 Å². The monoisotopic (exact) mass is 471 g/mol. The molecular formula is C23H29N5O2S2. The van der Waals surface area contributed by atoms with Crippen molar-refractivity contribution in [3.63, 3.8) is 0 Å². The highest BCUT2D eigenvalue weighted by molar-refractivity contribution is 8.18. The maximum absolute atomic E-state index is 12.4. The Morgan fingerprint density at radius 2 is 2.16 bits per heavy atom. The molecule has 1 saturated heterocycles. The minimum atomic E-state index is -0.131. The number of benzene rings is 1. The molecule has 2 fully saturated rings. The molecule has 0 unspecified atom stereocenters. The van der Waals surface area contributed by atoms with Crippen molar-refractivity contribution in [2.24, 2.45) is 4.99 Å². The van der Waals surface area contributed by atoms with Gasteiger partial charge in [0.2, 0.25) is 0 Å². The first-order chi connectivity index (χ1) is 15.5. The number of carbonyl (C=O) groups excluding carboxylic acids is 1. The Hall–Kier alpha value is -2.36. The van der Waals surface area contributed by atoms with Crippen LogP contribution in [-0.4, -0.2) is 54.2 Å². The quantitative estimate of drug-likeness (QED) is 0.546. The van der Waals surface area contributed by atoms with Crippen LogP contribution >= 0.6 is 23.1 Å². The Morgan fingerprint density at radius 3 is 2.91 bits per heavy atom. The summed E-state index contributed by atoms with van der Waals surface area (Å²) in [7, 11) is 4.04. The van der Waals surface area contributed by atoms with Gasteiger partial charge in [-0.2, -0.15) is 0 Å². The number of amides is 1. The fourth-order valence-corrected chi connectivity index (χ4v) is 5.31. The molecule has 2 heterocycles. The topological polar surface area (TPSA) is 78.8 Å². The zero-order valence-corrected chi connectivity index (χ0v) is 20.3. The third kappa shape index (κ3) is 6.11. The van der Waals surface area contributed by atoms with Crippen LogP contribution in [0.15, 0.2) is 34.3 Å². The Bertz CT molecular complexity index is 1030. The summed E-state index contributed by atoms with van der Waals surface area (Å²) in [6.45, 7) is 3.49. The van der Waals surface area contributed by atoms with Gasteiger partial charge in [0, 0.05) is 18.8 Å². The first kappa shape index (κ1) is 22.8. The fourth-order valence-electron chi connectivity index (χ4n) is 3.57. The van der Waals surface area contributed by atoms with E-state index in [1.165, 1.54) is 37.4 Å². The standard InChI is InChI=1S/C23H29N5O2S2/c1-15-12-17(30-11-10-28(2)3)8-9-19(15)26-23-27-21(29)20(32-23)13-18-14-24-22(31-18)25-16-6-4-5-7-16/h8-9,12-14,16H,4-7,10-11H2,1-3H3,(H,24,25)(H,26,27,29). The van der Waals surface area contributed by atoms with Gasteiger partial charge < -0.3 is 20.3 Å². The largest absolute Gasteiger partial charge is 0.492 e. The summed E-state index contributed by atoms with van der Waals surface area (Å²) in [5, 5.41) is 7.87. The molecule has 7 nitrogen and oxygen atoms in total. The van der Waals surface area contributed by atoms with Crippen molar-refractivity contribution < 1.29 is 9.53 Å². The van der Waals surface area contributed by atoms with E-state index >= 15 is 0 Å². The van der Waals surface area contributed by atoms with Crippen molar-refractivity contribution >= 4 is 51.1 Å². The van der Waals surface area contributed by atoms with E-state index < -0.39 is 0 Å². The minimum absolute atomic E-state index is 0.131. The van der Waals surface area contributed by atoms with E-state index in [1.54, 1.807) is 11.3 Å². The van der Waals surface area contributed by atoms with Gasteiger partial charge in [-0.3, -0.25) is 4.79 Å². The molecular weight excluding hydrogens is 442 g/mol. The Morgan fingerprint density at radius 1 is 1.34 bits per heavy atom. The molecule has 1 aliphatic carbocycles. The highest BCUT2D eigenvalue weighted by Gasteiger charge is 2.24. The average molecular weight is 472 g/mol. The molecule has 1 aliphatic heterocycles. The Labute approximate surface area is 197 Å². The molecule has 0 atom stereocenters. The number of thiazole rings is 1. The smallest absolute Gasteiger partial charge is 0.264 e. The number of likely N-dealkylation sites (N-methyl/N-ethyl adjacent to an activating group) is 1. The molecule has 2 aliphatic rings. The number of thioether (sulfide) groups is 1. The molecule has 0 radical (unpaired) electrons. The van der Waals surface area contributed by atoms with Gasteiger partial charge >= 0.3 is 0 Å². The van der Waals surface area contributed by atoms with Gasteiger partial charge in [-0.1, -0.05) is 24.2 Å². The number of anilines is 1. The van der Waals surface area contributed by atoms with Crippen LogP contribution in [0.1, 0.15) is 36.1 Å². The van der Waals surface area contributed by atoms with Crippen molar-refractivity contribution in [2.75, 3.05) is 32.6 Å². The van der Waals surface area contributed by atoms with Crippen molar-refractivity contribution in [3.05, 3.63) is 39.7 Å². The molecule has 1 saturated carbocycles. The molecule has 1 amide bonds. The molecule has 170 valence electrons. The summed E-state index contributed by atoms with van der Waals surface area (Å²) in [4.78, 5) is 25.2. The molecule has 1 aromatic carbocycles. The zero-order valence-electron chi connectivity index (χ0n) is 18.7. The number of carbonyl (C=O) groups is 1. The third-order valence-corrected chi connectivity index (χ3v) is 7.11. The second kappa shape index (κ2) is 10.5. The van der Waals surface area contributed by atoms with E-state index in [0.717, 1.165) is 33.6 Å². The molecule has 32 heavy (non-hydrogen) atoms. The highest BCUT2D eigenvalue weighted by Crippen LogP contribution is 2.32. The van der Waals surface area contributed by atoms with E-state index in [0.29, 0.717) is 22.7 Å². The summed E-state index contributed by atoms with van der Waals surface area (Å²) < 4.78 is 5.78. The van der Waals surface area contributed by atoms with Crippen molar-refractivity contribution in [1.82, 2.24) is 15.2 Å². The van der Waals surface area contributed by atoms with Gasteiger partial charge in [0.15, 0.2) is 10.3 Å². The summed E-state index contributed by atoms with van der Waals surface area (Å²) in [6.07, 6.45) is 8.67. The van der Waals surface area contributed by atoms with Gasteiger partial charge in [0.25, 0.3) is 5.91 Å². The number of aryl methyl sites for hydroxylation is 1. The lowest BCUT2D eigenvalue weighted by molar-refractivity contribution is -0.115. The first-order valence-corrected chi connectivity index (χ1v) is 12.5. The van der Waals surface area contributed by atoms with Gasteiger partial charge in [0.05, 0.1) is 15.5 Å². The number of ether oxygens (including phenoxy) is 1. The van der Waals surface area contributed by atoms with Gasteiger partial charge in [-0.15, -0.1) is 0 Å². The summed E-state index contributed by atoms with van der Waals surface area (Å²) >= 11 is 2.93. The minimum Gasteiger partial charge on any atom is -0.492 e. The third-order valence-electron chi connectivity index (χ3n) is 5.33. The lowest BCUT2D eigenvalue weighted by Crippen LogP contribution is -2.19. The summed E-state index contributed by atoms with van der Waals surface area (Å²) in [5.74, 6) is 0.693. The SMILES string of the molecule is Cc1cc(OCCN(C)C)ccc1N=C1NC(=O)C(=Cc2cnc(NC3CCCC3)s2)S1. The average Bonchev–Trinajstić information content (AvgIpc) is 3.48. The molecule has 4 rings (SSSR count). The summed E-state index contributed by atoms with van der Waals surface area (Å²) in [6, 6.07) is 6.34. The zero-order chi connectivity index (χ0) is 22.5. The number of hydrogen-bond acceptors (Lipinski definition) is 8. The van der Waals surface area contributed by atoms with Crippen LogP contribution in [0.25, 0.3) is 6.08 Å². The Kier molecular flexibility index (Phi) is 7.49.